The Morgan fingerprint density at radius 1 is 1.60 bits per heavy atom. The summed E-state index contributed by atoms with van der Waals surface area (Å²) in [7, 11) is 1.58. The van der Waals surface area contributed by atoms with E-state index in [1.807, 2.05) is 11.4 Å². The maximum absolute atomic E-state index is 11.5. The number of thiophene rings is 1. The third-order valence-electron chi connectivity index (χ3n) is 2.52. The van der Waals surface area contributed by atoms with Crippen molar-refractivity contribution >= 4 is 23.2 Å². The first-order chi connectivity index (χ1) is 7.22. The molecule has 1 heterocycles. The van der Waals surface area contributed by atoms with Gasteiger partial charge in [-0.2, -0.15) is 0 Å². The third kappa shape index (κ3) is 1.87. The van der Waals surface area contributed by atoms with Crippen molar-refractivity contribution < 1.29 is 9.59 Å². The van der Waals surface area contributed by atoms with Gasteiger partial charge in [-0.15, -0.1) is 11.3 Å². The molecule has 0 saturated carbocycles. The van der Waals surface area contributed by atoms with Gasteiger partial charge in [-0.05, 0) is 23.4 Å². The first-order valence-electron chi connectivity index (χ1n) is 4.81. The van der Waals surface area contributed by atoms with Crippen molar-refractivity contribution in [2.24, 2.45) is 0 Å². The Morgan fingerprint density at radius 2 is 2.40 bits per heavy atom. The molecule has 0 saturated heterocycles. The summed E-state index contributed by atoms with van der Waals surface area (Å²) < 4.78 is 0. The van der Waals surface area contributed by atoms with Crippen molar-refractivity contribution in [3.8, 4) is 0 Å². The topological polar surface area (TPSA) is 58.2 Å². The van der Waals surface area contributed by atoms with Crippen molar-refractivity contribution in [2.45, 2.75) is 18.9 Å². The summed E-state index contributed by atoms with van der Waals surface area (Å²) in [6, 6.07) is 1.69. The SMILES string of the molecule is CNC(=O)NC1CCC(=O)c2sccc21. The molecule has 2 N–H and O–H groups in total. The van der Waals surface area contributed by atoms with E-state index in [1.54, 1.807) is 7.05 Å². The Morgan fingerprint density at radius 3 is 3.13 bits per heavy atom. The number of nitrogens with one attached hydrogen (secondary N) is 2. The second-order valence-corrected chi connectivity index (χ2v) is 4.36. The van der Waals surface area contributed by atoms with E-state index in [1.165, 1.54) is 11.3 Å². The van der Waals surface area contributed by atoms with Gasteiger partial charge in [-0.1, -0.05) is 0 Å². The van der Waals surface area contributed by atoms with E-state index < -0.39 is 0 Å². The van der Waals surface area contributed by atoms with Crippen LogP contribution in [0.3, 0.4) is 0 Å². The molecule has 0 aliphatic heterocycles. The smallest absolute Gasteiger partial charge is 0.315 e. The second-order valence-electron chi connectivity index (χ2n) is 3.44. The number of carbonyl (C=O) groups excluding carboxylic acids is 2. The number of urea groups is 1. The zero-order chi connectivity index (χ0) is 10.8. The van der Waals surface area contributed by atoms with E-state index in [2.05, 4.69) is 10.6 Å². The molecule has 1 unspecified atom stereocenters. The molecule has 0 radical (unpaired) electrons. The zero-order valence-corrected chi connectivity index (χ0v) is 9.19. The predicted molar refractivity (Wildman–Crippen MR) is 58.2 cm³/mol. The van der Waals surface area contributed by atoms with Gasteiger partial charge < -0.3 is 10.6 Å². The Bertz CT molecular complexity index is 400. The van der Waals surface area contributed by atoms with E-state index in [4.69, 9.17) is 0 Å². The van der Waals surface area contributed by atoms with E-state index in [9.17, 15) is 9.59 Å². The lowest BCUT2D eigenvalue weighted by Crippen LogP contribution is -2.37. The van der Waals surface area contributed by atoms with Crippen LogP contribution in [0.1, 0.15) is 34.1 Å². The average molecular weight is 224 g/mol. The first kappa shape index (κ1) is 10.2. The van der Waals surface area contributed by atoms with Crippen LogP contribution in [-0.4, -0.2) is 18.9 Å². The van der Waals surface area contributed by atoms with Crippen LogP contribution in [0, 0.1) is 0 Å². The number of amides is 2. The predicted octanol–water partition coefficient (Wildman–Crippen LogP) is 1.69. The van der Waals surface area contributed by atoms with E-state index >= 15 is 0 Å². The molecule has 2 rings (SSSR count). The van der Waals surface area contributed by atoms with Crippen molar-refractivity contribution in [1.29, 1.82) is 0 Å². The normalized spacial score (nSPS) is 19.5. The van der Waals surface area contributed by atoms with Gasteiger partial charge in [0, 0.05) is 13.5 Å². The number of fused-ring (bicyclic) bond motifs is 1. The van der Waals surface area contributed by atoms with Crippen LogP contribution in [0.4, 0.5) is 4.79 Å². The standard InChI is InChI=1S/C10H12N2O2S/c1-11-10(14)12-7-2-3-8(13)9-6(7)4-5-15-9/h4-5,7H,2-3H2,1H3,(H2,11,12,14). The second kappa shape index (κ2) is 4.02. The van der Waals surface area contributed by atoms with Crippen molar-refractivity contribution in [2.75, 3.05) is 7.05 Å². The third-order valence-corrected chi connectivity index (χ3v) is 3.49. The molecule has 1 aromatic heterocycles. The lowest BCUT2D eigenvalue weighted by Gasteiger charge is -2.22. The molecule has 1 aliphatic carbocycles. The van der Waals surface area contributed by atoms with Crippen molar-refractivity contribution in [1.82, 2.24) is 10.6 Å². The zero-order valence-electron chi connectivity index (χ0n) is 8.37. The molecule has 0 aromatic carbocycles. The maximum atomic E-state index is 11.5. The van der Waals surface area contributed by atoms with Gasteiger partial charge in [0.15, 0.2) is 5.78 Å². The first-order valence-corrected chi connectivity index (χ1v) is 5.69. The highest BCUT2D eigenvalue weighted by molar-refractivity contribution is 7.12. The lowest BCUT2D eigenvalue weighted by atomic mass is 9.93. The van der Waals surface area contributed by atoms with Crippen LogP contribution in [0.25, 0.3) is 0 Å². The highest BCUT2D eigenvalue weighted by atomic mass is 32.1. The van der Waals surface area contributed by atoms with Gasteiger partial charge in [-0.25, -0.2) is 4.79 Å². The van der Waals surface area contributed by atoms with Gasteiger partial charge in [-0.3, -0.25) is 4.79 Å². The fourth-order valence-electron chi connectivity index (χ4n) is 1.75. The molecular weight excluding hydrogens is 212 g/mol. The highest BCUT2D eigenvalue weighted by Crippen LogP contribution is 2.33. The molecule has 80 valence electrons. The Hall–Kier alpha value is -1.36. The fraction of sp³-hybridized carbons (Fsp3) is 0.400. The van der Waals surface area contributed by atoms with Gasteiger partial charge in [0.1, 0.15) is 0 Å². The van der Waals surface area contributed by atoms with Crippen molar-refractivity contribution in [3.05, 3.63) is 21.9 Å². The van der Waals surface area contributed by atoms with E-state index in [0.29, 0.717) is 12.8 Å². The molecule has 0 fully saturated rings. The van der Waals surface area contributed by atoms with E-state index in [-0.39, 0.29) is 17.9 Å². The molecular formula is C10H12N2O2S. The van der Waals surface area contributed by atoms with Gasteiger partial charge in [0.05, 0.1) is 10.9 Å². The van der Waals surface area contributed by atoms with Crippen LogP contribution >= 0.6 is 11.3 Å². The molecule has 4 nitrogen and oxygen atoms in total. The number of carbonyl (C=O) groups is 2. The van der Waals surface area contributed by atoms with Crippen LogP contribution in [0.5, 0.6) is 0 Å². The molecule has 2 amide bonds. The molecule has 0 spiro atoms. The monoisotopic (exact) mass is 224 g/mol. The lowest BCUT2D eigenvalue weighted by molar-refractivity contribution is 0.0969. The Balaban J connectivity index is 2.21. The summed E-state index contributed by atoms with van der Waals surface area (Å²) >= 11 is 1.45. The fourth-order valence-corrected chi connectivity index (χ4v) is 2.68. The summed E-state index contributed by atoms with van der Waals surface area (Å²) in [4.78, 5) is 23.5. The summed E-state index contributed by atoms with van der Waals surface area (Å²) in [6.07, 6.45) is 1.21. The summed E-state index contributed by atoms with van der Waals surface area (Å²) in [5.74, 6) is 0.190. The number of ketones is 1. The Kier molecular flexibility index (Phi) is 2.73. The van der Waals surface area contributed by atoms with Gasteiger partial charge >= 0.3 is 6.03 Å². The van der Waals surface area contributed by atoms with Crippen LogP contribution in [0.15, 0.2) is 11.4 Å². The minimum atomic E-state index is -0.202. The van der Waals surface area contributed by atoms with Gasteiger partial charge in [0.25, 0.3) is 0 Å². The molecule has 1 aromatic rings. The minimum absolute atomic E-state index is 0.0242. The van der Waals surface area contributed by atoms with Crippen LogP contribution < -0.4 is 10.6 Å². The summed E-state index contributed by atoms with van der Waals surface area (Å²) in [5, 5.41) is 7.25. The number of hydrogen-bond acceptors (Lipinski definition) is 3. The van der Waals surface area contributed by atoms with E-state index in [0.717, 1.165) is 10.4 Å². The Labute approximate surface area is 91.7 Å². The average Bonchev–Trinajstić information content (AvgIpc) is 2.71. The molecule has 5 heteroatoms. The number of Topliss-reactive ketones (excluding diaryl/α,β-unsaturated/α-hetero) is 1. The van der Waals surface area contributed by atoms with Crippen LogP contribution in [-0.2, 0) is 0 Å². The molecule has 1 aliphatic rings. The molecule has 0 bridgehead atoms. The largest absolute Gasteiger partial charge is 0.341 e. The summed E-state index contributed by atoms with van der Waals surface area (Å²) in [6.45, 7) is 0. The van der Waals surface area contributed by atoms with Gasteiger partial charge in [0.2, 0.25) is 0 Å². The van der Waals surface area contributed by atoms with Crippen molar-refractivity contribution in [3.63, 3.8) is 0 Å². The quantitative estimate of drug-likeness (QED) is 0.762. The summed E-state index contributed by atoms with van der Waals surface area (Å²) in [5.41, 5.74) is 0.958. The number of rotatable bonds is 1. The van der Waals surface area contributed by atoms with Crippen LogP contribution in [0.2, 0.25) is 0 Å². The minimum Gasteiger partial charge on any atom is -0.341 e. The molecule has 1 atom stereocenters. The maximum Gasteiger partial charge on any atom is 0.315 e. The molecule has 15 heavy (non-hydrogen) atoms. The highest BCUT2D eigenvalue weighted by Gasteiger charge is 2.27. The number of hydrogen-bond donors (Lipinski definition) is 2.